The number of sulfone groups is 1. The maximum Gasteiger partial charge on any atom is 0.339 e. The summed E-state index contributed by atoms with van der Waals surface area (Å²) in [5.41, 5.74) is 0.0456. The second-order valence-corrected chi connectivity index (χ2v) is 6.37. The molecule has 0 saturated carbocycles. The Labute approximate surface area is 104 Å². The predicted octanol–water partition coefficient (Wildman–Crippen LogP) is -0.200. The summed E-state index contributed by atoms with van der Waals surface area (Å²) in [6.07, 6.45) is 1.78. The molecule has 0 unspecified atom stereocenters. The topological polar surface area (TPSA) is 100 Å². The highest BCUT2D eigenvalue weighted by Crippen LogP contribution is 2.18. The van der Waals surface area contributed by atoms with Crippen molar-refractivity contribution in [3.8, 4) is 0 Å². The van der Waals surface area contributed by atoms with Gasteiger partial charge in [0.15, 0.2) is 15.7 Å². The van der Waals surface area contributed by atoms with E-state index in [0.717, 1.165) is 0 Å². The molecular formula is C10H13N3O4S. The number of nitrogens with zero attached hydrogens (tertiary/aromatic N) is 3. The van der Waals surface area contributed by atoms with E-state index >= 15 is 0 Å². The van der Waals surface area contributed by atoms with Crippen LogP contribution in [0.5, 0.6) is 0 Å². The molecule has 1 N–H and O–H groups in total. The van der Waals surface area contributed by atoms with Crippen LogP contribution in [0, 0.1) is 0 Å². The molecule has 1 aliphatic rings. The summed E-state index contributed by atoms with van der Waals surface area (Å²) in [4.78, 5) is 12.7. The van der Waals surface area contributed by atoms with Crippen molar-refractivity contribution in [2.45, 2.75) is 6.42 Å². The van der Waals surface area contributed by atoms with Crippen molar-refractivity contribution in [1.29, 1.82) is 0 Å². The first-order chi connectivity index (χ1) is 8.49. The van der Waals surface area contributed by atoms with E-state index in [9.17, 15) is 13.2 Å². The van der Waals surface area contributed by atoms with E-state index in [2.05, 4.69) is 10.2 Å². The largest absolute Gasteiger partial charge is 0.478 e. The number of aromatic carboxylic acids is 1. The highest BCUT2D eigenvalue weighted by Gasteiger charge is 2.23. The fraction of sp³-hybridized carbons (Fsp3) is 0.500. The number of hydrogen-bond acceptors (Lipinski definition) is 6. The lowest BCUT2D eigenvalue weighted by Crippen LogP contribution is -2.29. The number of anilines is 1. The highest BCUT2D eigenvalue weighted by atomic mass is 32.2. The van der Waals surface area contributed by atoms with Gasteiger partial charge in [0.2, 0.25) is 0 Å². The molecule has 1 aliphatic heterocycles. The molecule has 8 heteroatoms. The van der Waals surface area contributed by atoms with Crippen molar-refractivity contribution in [2.24, 2.45) is 0 Å². The quantitative estimate of drug-likeness (QED) is 0.794. The van der Waals surface area contributed by atoms with Crippen molar-refractivity contribution in [2.75, 3.05) is 29.5 Å². The van der Waals surface area contributed by atoms with Crippen LogP contribution in [0.1, 0.15) is 16.8 Å². The van der Waals surface area contributed by atoms with Crippen LogP contribution in [-0.2, 0) is 9.84 Å². The zero-order chi connectivity index (χ0) is 13.2. The molecular weight excluding hydrogens is 258 g/mol. The van der Waals surface area contributed by atoms with Gasteiger partial charge in [-0.3, -0.25) is 0 Å². The van der Waals surface area contributed by atoms with E-state index in [1.165, 1.54) is 12.3 Å². The number of rotatable bonds is 2. The predicted molar refractivity (Wildman–Crippen MR) is 64.5 cm³/mol. The lowest BCUT2D eigenvalue weighted by Gasteiger charge is -2.21. The number of carboxylic acids is 1. The second kappa shape index (κ2) is 4.89. The van der Waals surface area contributed by atoms with Crippen LogP contribution >= 0.6 is 0 Å². The van der Waals surface area contributed by atoms with Crippen LogP contribution in [0.15, 0.2) is 12.3 Å². The van der Waals surface area contributed by atoms with Gasteiger partial charge in [0.25, 0.3) is 0 Å². The third-order valence-corrected chi connectivity index (χ3v) is 4.50. The minimum atomic E-state index is -3.03. The molecule has 0 bridgehead atoms. The van der Waals surface area contributed by atoms with Crippen LogP contribution < -0.4 is 4.90 Å². The van der Waals surface area contributed by atoms with Gasteiger partial charge in [-0.15, -0.1) is 5.10 Å². The molecule has 0 atom stereocenters. The molecule has 98 valence electrons. The highest BCUT2D eigenvalue weighted by molar-refractivity contribution is 7.91. The number of aromatic nitrogens is 2. The Morgan fingerprint density at radius 2 is 2.11 bits per heavy atom. The van der Waals surface area contributed by atoms with E-state index < -0.39 is 15.8 Å². The first-order valence-electron chi connectivity index (χ1n) is 5.50. The first-order valence-corrected chi connectivity index (χ1v) is 7.32. The standard InChI is InChI=1S/C10H13N3O4S/c14-10(15)8-2-3-11-12-9(8)13-4-1-6-18(16,17)7-5-13/h2-3H,1,4-7H2,(H,14,15). The Balaban J connectivity index is 2.29. The summed E-state index contributed by atoms with van der Waals surface area (Å²) in [7, 11) is -3.03. The zero-order valence-electron chi connectivity index (χ0n) is 9.61. The van der Waals surface area contributed by atoms with Crippen molar-refractivity contribution < 1.29 is 18.3 Å². The van der Waals surface area contributed by atoms with E-state index in [1.807, 2.05) is 0 Å². The Hall–Kier alpha value is -1.70. The number of carboxylic acid groups (broad SMARTS) is 1. The Morgan fingerprint density at radius 3 is 2.83 bits per heavy atom. The van der Waals surface area contributed by atoms with Crippen LogP contribution in [-0.4, -0.2) is 54.3 Å². The monoisotopic (exact) mass is 271 g/mol. The van der Waals surface area contributed by atoms with Crippen LogP contribution in [0.4, 0.5) is 5.82 Å². The molecule has 1 fully saturated rings. The van der Waals surface area contributed by atoms with Crippen molar-refractivity contribution >= 4 is 21.6 Å². The molecule has 1 saturated heterocycles. The Morgan fingerprint density at radius 1 is 1.33 bits per heavy atom. The molecule has 0 aromatic carbocycles. The van der Waals surface area contributed by atoms with Crippen LogP contribution in [0.25, 0.3) is 0 Å². The van der Waals surface area contributed by atoms with Crippen LogP contribution in [0.2, 0.25) is 0 Å². The smallest absolute Gasteiger partial charge is 0.339 e. The fourth-order valence-corrected chi connectivity index (χ4v) is 3.15. The van der Waals surface area contributed by atoms with Crippen LogP contribution in [0.3, 0.4) is 0 Å². The van der Waals surface area contributed by atoms with Gasteiger partial charge in [0.1, 0.15) is 5.56 Å². The summed E-state index contributed by atoms with van der Waals surface area (Å²) in [5, 5.41) is 16.5. The van der Waals surface area contributed by atoms with Gasteiger partial charge >= 0.3 is 5.97 Å². The molecule has 1 aromatic rings. The van der Waals surface area contributed by atoms with E-state index in [4.69, 9.17) is 5.11 Å². The maximum atomic E-state index is 11.5. The van der Waals surface area contributed by atoms with Gasteiger partial charge < -0.3 is 10.0 Å². The first kappa shape index (κ1) is 12.7. The lowest BCUT2D eigenvalue weighted by molar-refractivity contribution is 0.0697. The fourth-order valence-electron chi connectivity index (χ4n) is 1.88. The molecule has 2 rings (SSSR count). The maximum absolute atomic E-state index is 11.5. The summed E-state index contributed by atoms with van der Waals surface area (Å²) >= 11 is 0. The summed E-state index contributed by atoms with van der Waals surface area (Å²) in [6.45, 7) is 0.722. The van der Waals surface area contributed by atoms with Gasteiger partial charge in [0.05, 0.1) is 17.7 Å². The van der Waals surface area contributed by atoms with Gasteiger partial charge in [-0.1, -0.05) is 0 Å². The molecule has 7 nitrogen and oxygen atoms in total. The average Bonchev–Trinajstić information content (AvgIpc) is 2.50. The minimum absolute atomic E-state index is 0.0165. The van der Waals surface area contributed by atoms with Gasteiger partial charge in [0, 0.05) is 13.1 Å². The van der Waals surface area contributed by atoms with Crippen molar-refractivity contribution in [1.82, 2.24) is 10.2 Å². The summed E-state index contributed by atoms with van der Waals surface area (Å²) in [5.74, 6) is -0.705. The van der Waals surface area contributed by atoms with Gasteiger partial charge in [-0.25, -0.2) is 13.2 Å². The average molecular weight is 271 g/mol. The number of carbonyl (C=O) groups is 1. The van der Waals surface area contributed by atoms with Gasteiger partial charge in [-0.05, 0) is 12.5 Å². The van der Waals surface area contributed by atoms with E-state index in [1.54, 1.807) is 4.90 Å². The molecule has 0 amide bonds. The Bertz CT molecular complexity index is 558. The lowest BCUT2D eigenvalue weighted by atomic mass is 10.2. The second-order valence-electron chi connectivity index (χ2n) is 4.07. The van der Waals surface area contributed by atoms with E-state index in [0.29, 0.717) is 13.0 Å². The minimum Gasteiger partial charge on any atom is -0.478 e. The SMILES string of the molecule is O=C(O)c1ccnnc1N1CCCS(=O)(=O)CC1. The van der Waals surface area contributed by atoms with Crippen molar-refractivity contribution in [3.63, 3.8) is 0 Å². The van der Waals surface area contributed by atoms with Gasteiger partial charge in [-0.2, -0.15) is 5.10 Å². The van der Waals surface area contributed by atoms with E-state index in [-0.39, 0.29) is 29.4 Å². The molecule has 0 radical (unpaired) electrons. The Kier molecular flexibility index (Phi) is 3.46. The zero-order valence-corrected chi connectivity index (χ0v) is 10.4. The molecule has 18 heavy (non-hydrogen) atoms. The number of hydrogen-bond donors (Lipinski definition) is 1. The summed E-state index contributed by atoms with van der Waals surface area (Å²) < 4.78 is 23.0. The van der Waals surface area contributed by atoms with Crippen molar-refractivity contribution in [3.05, 3.63) is 17.8 Å². The molecule has 1 aromatic heterocycles. The summed E-state index contributed by atoms with van der Waals surface area (Å²) in [6, 6.07) is 1.37. The normalized spacial score (nSPS) is 19.2. The molecule has 0 spiro atoms. The third kappa shape index (κ3) is 2.76. The molecule has 0 aliphatic carbocycles. The molecule has 2 heterocycles. The third-order valence-electron chi connectivity index (χ3n) is 2.79.